The number of aromatic nitrogens is 2. The van der Waals surface area contributed by atoms with Gasteiger partial charge in [0.25, 0.3) is 11.8 Å². The maximum Gasteiger partial charge on any atom is 0.257 e. The summed E-state index contributed by atoms with van der Waals surface area (Å²) in [5, 5.41) is 4.06. The molecule has 1 aromatic carbocycles. The van der Waals surface area contributed by atoms with Gasteiger partial charge in [-0.2, -0.15) is 4.98 Å². The molecule has 2 unspecified atom stereocenters. The van der Waals surface area contributed by atoms with Crippen molar-refractivity contribution < 1.29 is 9.32 Å². The van der Waals surface area contributed by atoms with Crippen molar-refractivity contribution in [3.63, 3.8) is 0 Å². The molecule has 5 nitrogen and oxygen atoms in total. The molecule has 2 heterocycles. The Kier molecular flexibility index (Phi) is 3.61. The van der Waals surface area contributed by atoms with E-state index < -0.39 is 0 Å². The maximum absolute atomic E-state index is 13.0. The van der Waals surface area contributed by atoms with Crippen LogP contribution in [-0.4, -0.2) is 33.5 Å². The molecular weight excluding hydrogens is 314 g/mol. The van der Waals surface area contributed by atoms with Crippen LogP contribution in [0.25, 0.3) is 11.5 Å². The molecule has 5 rings (SSSR count). The maximum atomic E-state index is 13.0. The van der Waals surface area contributed by atoms with Gasteiger partial charge in [0, 0.05) is 29.6 Å². The van der Waals surface area contributed by atoms with E-state index in [-0.39, 0.29) is 5.91 Å². The first-order chi connectivity index (χ1) is 12.3. The van der Waals surface area contributed by atoms with Crippen LogP contribution in [0.2, 0.25) is 0 Å². The largest absolute Gasteiger partial charge is 0.335 e. The summed E-state index contributed by atoms with van der Waals surface area (Å²) in [6.45, 7) is 0.899. The van der Waals surface area contributed by atoms with Gasteiger partial charge in [0.1, 0.15) is 0 Å². The molecule has 0 spiro atoms. The summed E-state index contributed by atoms with van der Waals surface area (Å²) < 4.78 is 5.37. The van der Waals surface area contributed by atoms with Crippen molar-refractivity contribution in [1.82, 2.24) is 15.0 Å². The zero-order valence-electron chi connectivity index (χ0n) is 14.4. The summed E-state index contributed by atoms with van der Waals surface area (Å²) >= 11 is 0. The fourth-order valence-corrected chi connectivity index (χ4v) is 4.49. The Hall–Kier alpha value is -2.17. The van der Waals surface area contributed by atoms with Crippen LogP contribution >= 0.6 is 0 Å². The highest BCUT2D eigenvalue weighted by atomic mass is 16.5. The van der Waals surface area contributed by atoms with Crippen LogP contribution in [0.3, 0.4) is 0 Å². The third kappa shape index (κ3) is 2.75. The molecule has 3 aliphatic rings. The molecule has 2 aliphatic carbocycles. The number of carbonyl (C=O) groups is 1. The van der Waals surface area contributed by atoms with E-state index in [2.05, 4.69) is 15.0 Å². The average molecular weight is 337 g/mol. The highest BCUT2D eigenvalue weighted by molar-refractivity contribution is 5.95. The zero-order chi connectivity index (χ0) is 16.8. The van der Waals surface area contributed by atoms with E-state index in [1.807, 2.05) is 24.3 Å². The van der Waals surface area contributed by atoms with Gasteiger partial charge in [0.05, 0.1) is 0 Å². The lowest BCUT2D eigenvalue weighted by molar-refractivity contribution is 0.0548. The minimum atomic E-state index is 0.173. The molecule has 2 aromatic rings. The first-order valence-electron chi connectivity index (χ1n) is 9.54. The number of piperidine rings is 1. The van der Waals surface area contributed by atoms with Gasteiger partial charge in [-0.1, -0.05) is 11.6 Å². The van der Waals surface area contributed by atoms with Crippen LogP contribution in [0.5, 0.6) is 0 Å². The van der Waals surface area contributed by atoms with E-state index in [1.54, 1.807) is 0 Å². The van der Waals surface area contributed by atoms with Crippen LogP contribution in [0, 0.1) is 5.92 Å². The third-order valence-electron chi connectivity index (χ3n) is 6.02. The molecule has 2 atom stereocenters. The van der Waals surface area contributed by atoms with Crippen molar-refractivity contribution in [3.8, 4) is 11.5 Å². The topological polar surface area (TPSA) is 59.2 Å². The second kappa shape index (κ2) is 5.97. The Morgan fingerprint density at radius 3 is 2.64 bits per heavy atom. The molecular formula is C20H23N3O2. The normalized spacial score (nSPS) is 25.8. The standard InChI is InChI=1S/C20H23N3O2/c24-20(23-12-2-4-13-3-1-5-17(13)23)16-10-8-15(9-11-16)19-21-18(22-25-19)14-6-7-14/h8-11,13-14,17H,1-7,12H2. The first-order valence-corrected chi connectivity index (χ1v) is 9.54. The van der Waals surface area contributed by atoms with Gasteiger partial charge >= 0.3 is 0 Å². The molecule has 1 amide bonds. The minimum Gasteiger partial charge on any atom is -0.335 e. The number of likely N-dealkylation sites (tertiary alicyclic amines) is 1. The smallest absolute Gasteiger partial charge is 0.257 e. The average Bonchev–Trinajstić information content (AvgIpc) is 3.19. The third-order valence-corrected chi connectivity index (χ3v) is 6.02. The molecule has 2 saturated carbocycles. The lowest BCUT2D eigenvalue weighted by Gasteiger charge is -2.37. The second-order valence-corrected chi connectivity index (χ2v) is 7.71. The Bertz CT molecular complexity index is 778. The molecule has 25 heavy (non-hydrogen) atoms. The summed E-state index contributed by atoms with van der Waals surface area (Å²) in [6, 6.07) is 8.10. The molecule has 0 bridgehead atoms. The summed E-state index contributed by atoms with van der Waals surface area (Å²) in [5.41, 5.74) is 1.64. The number of hydrogen-bond acceptors (Lipinski definition) is 4. The monoisotopic (exact) mass is 337 g/mol. The van der Waals surface area contributed by atoms with Crippen molar-refractivity contribution in [2.45, 2.75) is 56.9 Å². The van der Waals surface area contributed by atoms with Gasteiger partial charge in [0.15, 0.2) is 5.82 Å². The van der Waals surface area contributed by atoms with E-state index >= 15 is 0 Å². The molecule has 1 aromatic heterocycles. The summed E-state index contributed by atoms with van der Waals surface area (Å²) in [4.78, 5) is 19.6. The van der Waals surface area contributed by atoms with E-state index in [1.165, 1.54) is 25.7 Å². The number of benzene rings is 1. The number of hydrogen-bond donors (Lipinski definition) is 0. The molecule has 1 aliphatic heterocycles. The molecule has 5 heteroatoms. The number of carbonyl (C=O) groups excluding carboxylic acids is 1. The van der Waals surface area contributed by atoms with Gasteiger partial charge in [-0.3, -0.25) is 4.79 Å². The predicted molar refractivity (Wildman–Crippen MR) is 93.1 cm³/mol. The SMILES string of the molecule is O=C(c1ccc(-c2nc(C3CC3)no2)cc1)N1CCCC2CCCC21. The van der Waals surface area contributed by atoms with Crippen molar-refractivity contribution in [2.75, 3.05) is 6.54 Å². The van der Waals surface area contributed by atoms with Gasteiger partial charge in [-0.15, -0.1) is 0 Å². The van der Waals surface area contributed by atoms with Crippen molar-refractivity contribution in [2.24, 2.45) is 5.92 Å². The quantitative estimate of drug-likeness (QED) is 0.849. The number of amides is 1. The highest BCUT2D eigenvalue weighted by Crippen LogP contribution is 2.39. The summed E-state index contributed by atoms with van der Waals surface area (Å²) in [7, 11) is 0. The van der Waals surface area contributed by atoms with Gasteiger partial charge in [-0.25, -0.2) is 0 Å². The lowest BCUT2D eigenvalue weighted by atomic mass is 9.91. The first kappa shape index (κ1) is 15.1. The minimum absolute atomic E-state index is 0.173. The second-order valence-electron chi connectivity index (χ2n) is 7.71. The van der Waals surface area contributed by atoms with Crippen LogP contribution in [0.4, 0.5) is 0 Å². The van der Waals surface area contributed by atoms with Gasteiger partial charge in [0.2, 0.25) is 0 Å². The van der Waals surface area contributed by atoms with Crippen LogP contribution in [0.1, 0.15) is 67.0 Å². The number of rotatable bonds is 3. The van der Waals surface area contributed by atoms with Crippen LogP contribution in [-0.2, 0) is 0 Å². The Labute approximate surface area is 147 Å². The molecule has 130 valence electrons. The molecule has 3 fully saturated rings. The van der Waals surface area contributed by atoms with Crippen molar-refractivity contribution in [3.05, 3.63) is 35.7 Å². The fourth-order valence-electron chi connectivity index (χ4n) is 4.49. The van der Waals surface area contributed by atoms with E-state index in [9.17, 15) is 4.79 Å². The van der Waals surface area contributed by atoms with Crippen LogP contribution in [0.15, 0.2) is 28.8 Å². The molecule has 1 saturated heterocycles. The number of nitrogens with zero attached hydrogens (tertiary/aromatic N) is 3. The Morgan fingerprint density at radius 2 is 1.84 bits per heavy atom. The summed E-state index contributed by atoms with van der Waals surface area (Å²) in [5.74, 6) is 2.74. The summed E-state index contributed by atoms with van der Waals surface area (Å²) in [6.07, 6.45) is 8.45. The van der Waals surface area contributed by atoms with Crippen molar-refractivity contribution in [1.29, 1.82) is 0 Å². The van der Waals surface area contributed by atoms with Crippen LogP contribution < -0.4 is 0 Å². The zero-order valence-corrected chi connectivity index (χ0v) is 14.4. The van der Waals surface area contributed by atoms with E-state index in [0.717, 1.165) is 48.7 Å². The molecule has 0 N–H and O–H groups in total. The Morgan fingerprint density at radius 1 is 1.04 bits per heavy atom. The van der Waals surface area contributed by atoms with E-state index in [4.69, 9.17) is 4.52 Å². The highest BCUT2D eigenvalue weighted by Gasteiger charge is 2.37. The Balaban J connectivity index is 1.34. The van der Waals surface area contributed by atoms with Gasteiger partial charge < -0.3 is 9.42 Å². The lowest BCUT2D eigenvalue weighted by Crippen LogP contribution is -2.46. The van der Waals surface area contributed by atoms with Crippen molar-refractivity contribution >= 4 is 5.91 Å². The van der Waals surface area contributed by atoms with E-state index in [0.29, 0.717) is 17.9 Å². The number of fused-ring (bicyclic) bond motifs is 1. The fraction of sp³-hybridized carbons (Fsp3) is 0.550. The molecule has 0 radical (unpaired) electrons. The predicted octanol–water partition coefficient (Wildman–Crippen LogP) is 4.02. The van der Waals surface area contributed by atoms with Gasteiger partial charge in [-0.05, 0) is 68.7 Å².